The zero-order valence-electron chi connectivity index (χ0n) is 19.9. The van der Waals surface area contributed by atoms with Gasteiger partial charge in [-0.25, -0.2) is 0 Å². The molecule has 0 radical (unpaired) electrons. The van der Waals surface area contributed by atoms with Crippen LogP contribution in [-0.2, 0) is 22.6 Å². The first-order chi connectivity index (χ1) is 15.4. The number of benzene rings is 2. The normalized spacial score (nSPS) is 12.5. The van der Waals surface area contributed by atoms with Gasteiger partial charge in [-0.3, -0.25) is 9.59 Å². The molecule has 6 nitrogen and oxygen atoms in total. The van der Waals surface area contributed by atoms with E-state index in [1.165, 1.54) is 5.56 Å². The Morgan fingerprint density at radius 1 is 0.969 bits per heavy atom. The summed E-state index contributed by atoms with van der Waals surface area (Å²) in [7, 11) is 1.61. The van der Waals surface area contributed by atoms with Crippen LogP contribution in [0.1, 0.15) is 51.7 Å². The van der Waals surface area contributed by atoms with Crippen molar-refractivity contribution in [1.29, 1.82) is 0 Å². The Balaban J connectivity index is 2.21. The molecule has 0 fully saturated rings. The molecule has 0 aliphatic heterocycles. The van der Waals surface area contributed by atoms with Crippen LogP contribution in [0.15, 0.2) is 48.5 Å². The maximum Gasteiger partial charge on any atom is 0.261 e. The first kappa shape index (κ1) is 25.2. The standard InChI is InChI=1S/C26H36N2O4/c1-6-19(4)27-26(30)24(8-3)28(17-21-10-9-11-23(16-21)31-5)25(29)18-32-22-14-12-20(7-2)13-15-22/h9-16,19,24H,6-8,17-18H2,1-5H3,(H,27,30)/t19-,24+/m0/s1. The number of carbonyl (C=O) groups excluding carboxylic acids is 2. The molecule has 0 aliphatic carbocycles. The summed E-state index contributed by atoms with van der Waals surface area (Å²) in [6, 6.07) is 14.7. The first-order valence-corrected chi connectivity index (χ1v) is 11.4. The Kier molecular flexibility index (Phi) is 10.1. The van der Waals surface area contributed by atoms with Gasteiger partial charge in [0.05, 0.1) is 7.11 Å². The van der Waals surface area contributed by atoms with Crippen LogP contribution < -0.4 is 14.8 Å². The molecule has 2 rings (SSSR count). The monoisotopic (exact) mass is 440 g/mol. The molecule has 1 N–H and O–H groups in total. The smallest absolute Gasteiger partial charge is 0.261 e. The van der Waals surface area contributed by atoms with Crippen LogP contribution in [0.3, 0.4) is 0 Å². The molecule has 2 aromatic rings. The van der Waals surface area contributed by atoms with Gasteiger partial charge >= 0.3 is 0 Å². The van der Waals surface area contributed by atoms with Gasteiger partial charge in [-0.2, -0.15) is 0 Å². The van der Waals surface area contributed by atoms with Gasteiger partial charge in [0.1, 0.15) is 17.5 Å². The topological polar surface area (TPSA) is 67.9 Å². The molecule has 32 heavy (non-hydrogen) atoms. The van der Waals surface area contributed by atoms with E-state index in [1.54, 1.807) is 12.0 Å². The van der Waals surface area contributed by atoms with Crippen LogP contribution >= 0.6 is 0 Å². The molecule has 0 unspecified atom stereocenters. The van der Waals surface area contributed by atoms with Crippen molar-refractivity contribution in [3.63, 3.8) is 0 Å². The molecule has 2 aromatic carbocycles. The Hall–Kier alpha value is -3.02. The highest BCUT2D eigenvalue weighted by atomic mass is 16.5. The molecule has 0 saturated heterocycles. The van der Waals surface area contributed by atoms with Crippen LogP contribution in [0.2, 0.25) is 0 Å². The molecule has 0 aliphatic rings. The minimum absolute atomic E-state index is 0.0404. The van der Waals surface area contributed by atoms with E-state index in [2.05, 4.69) is 12.2 Å². The number of aryl methyl sites for hydroxylation is 1. The van der Waals surface area contributed by atoms with E-state index < -0.39 is 6.04 Å². The van der Waals surface area contributed by atoms with Crippen molar-refractivity contribution in [3.05, 3.63) is 59.7 Å². The molecule has 0 spiro atoms. The van der Waals surface area contributed by atoms with Gasteiger partial charge in [-0.15, -0.1) is 0 Å². The van der Waals surface area contributed by atoms with E-state index in [4.69, 9.17) is 9.47 Å². The minimum atomic E-state index is -0.589. The second kappa shape index (κ2) is 12.7. The number of ether oxygens (including phenoxy) is 2. The third-order valence-corrected chi connectivity index (χ3v) is 5.57. The molecule has 6 heteroatoms. The van der Waals surface area contributed by atoms with Gasteiger partial charge < -0.3 is 19.7 Å². The Morgan fingerprint density at radius 2 is 1.69 bits per heavy atom. The summed E-state index contributed by atoms with van der Waals surface area (Å²) in [6.45, 7) is 8.13. The second-order valence-electron chi connectivity index (χ2n) is 7.90. The summed E-state index contributed by atoms with van der Waals surface area (Å²) >= 11 is 0. The summed E-state index contributed by atoms with van der Waals surface area (Å²) < 4.78 is 11.1. The van der Waals surface area contributed by atoms with Crippen molar-refractivity contribution >= 4 is 11.8 Å². The lowest BCUT2D eigenvalue weighted by Crippen LogP contribution is -2.51. The molecule has 0 aromatic heterocycles. The van der Waals surface area contributed by atoms with Gasteiger partial charge in [0.2, 0.25) is 5.91 Å². The van der Waals surface area contributed by atoms with E-state index in [0.29, 0.717) is 24.5 Å². The van der Waals surface area contributed by atoms with Crippen LogP contribution in [0.5, 0.6) is 11.5 Å². The first-order valence-electron chi connectivity index (χ1n) is 11.4. The molecule has 2 amide bonds. The Labute approximate surface area is 191 Å². The minimum Gasteiger partial charge on any atom is -0.497 e. The maximum atomic E-state index is 13.2. The SMILES string of the molecule is CCc1ccc(OCC(=O)N(Cc2cccc(OC)c2)[C@H](CC)C(=O)N[C@@H](C)CC)cc1. The molecule has 0 saturated carbocycles. The zero-order chi connectivity index (χ0) is 23.5. The van der Waals surface area contributed by atoms with Gasteiger partial charge in [0, 0.05) is 12.6 Å². The average molecular weight is 441 g/mol. The zero-order valence-corrected chi connectivity index (χ0v) is 19.9. The quantitative estimate of drug-likeness (QED) is 0.533. The summed E-state index contributed by atoms with van der Waals surface area (Å²) in [5.41, 5.74) is 2.09. The predicted octanol–water partition coefficient (Wildman–Crippen LogP) is 4.36. The third kappa shape index (κ3) is 7.29. The average Bonchev–Trinajstić information content (AvgIpc) is 2.82. The Bertz CT molecular complexity index is 866. The van der Waals surface area contributed by atoms with Crippen molar-refractivity contribution in [2.45, 2.75) is 65.6 Å². The van der Waals surface area contributed by atoms with Gasteiger partial charge in [-0.05, 0) is 61.6 Å². The molecular weight excluding hydrogens is 404 g/mol. The number of nitrogens with one attached hydrogen (secondary N) is 1. The lowest BCUT2D eigenvalue weighted by molar-refractivity contribution is -0.143. The number of hydrogen-bond donors (Lipinski definition) is 1. The number of nitrogens with zero attached hydrogens (tertiary/aromatic N) is 1. The van der Waals surface area contributed by atoms with Crippen LogP contribution in [0, 0.1) is 0 Å². The molecular formula is C26H36N2O4. The highest BCUT2D eigenvalue weighted by Crippen LogP contribution is 2.18. The predicted molar refractivity (Wildman–Crippen MR) is 127 cm³/mol. The largest absolute Gasteiger partial charge is 0.497 e. The summed E-state index contributed by atoms with van der Waals surface area (Å²) in [5, 5.41) is 3.01. The van der Waals surface area contributed by atoms with Gasteiger partial charge in [0.15, 0.2) is 6.61 Å². The molecule has 0 heterocycles. The summed E-state index contributed by atoms with van der Waals surface area (Å²) in [6.07, 6.45) is 2.27. The van der Waals surface area contributed by atoms with Crippen LogP contribution in [-0.4, -0.2) is 42.5 Å². The van der Waals surface area contributed by atoms with E-state index >= 15 is 0 Å². The van der Waals surface area contributed by atoms with Crippen molar-refractivity contribution in [2.75, 3.05) is 13.7 Å². The highest BCUT2D eigenvalue weighted by molar-refractivity contribution is 5.88. The number of rotatable bonds is 12. The summed E-state index contributed by atoms with van der Waals surface area (Å²) in [4.78, 5) is 27.8. The second-order valence-corrected chi connectivity index (χ2v) is 7.90. The maximum absolute atomic E-state index is 13.2. The van der Waals surface area contributed by atoms with Crippen molar-refractivity contribution in [3.8, 4) is 11.5 Å². The fraction of sp³-hybridized carbons (Fsp3) is 0.462. The number of amides is 2. The number of carbonyl (C=O) groups is 2. The van der Waals surface area contributed by atoms with E-state index in [1.807, 2.05) is 69.3 Å². The highest BCUT2D eigenvalue weighted by Gasteiger charge is 2.29. The number of hydrogen-bond acceptors (Lipinski definition) is 4. The van der Waals surface area contributed by atoms with E-state index in [-0.39, 0.29) is 24.5 Å². The molecule has 0 bridgehead atoms. The van der Waals surface area contributed by atoms with Crippen LogP contribution in [0.25, 0.3) is 0 Å². The van der Waals surface area contributed by atoms with Crippen molar-refractivity contribution in [2.24, 2.45) is 0 Å². The number of methoxy groups -OCH3 is 1. The Morgan fingerprint density at radius 3 is 2.28 bits per heavy atom. The van der Waals surface area contributed by atoms with Crippen molar-refractivity contribution < 1.29 is 19.1 Å². The molecule has 174 valence electrons. The van der Waals surface area contributed by atoms with Gasteiger partial charge in [-0.1, -0.05) is 45.0 Å². The third-order valence-electron chi connectivity index (χ3n) is 5.57. The van der Waals surface area contributed by atoms with Crippen LogP contribution in [0.4, 0.5) is 0 Å². The summed E-state index contributed by atoms with van der Waals surface area (Å²) in [5.74, 6) is 0.956. The fourth-order valence-corrected chi connectivity index (χ4v) is 3.38. The van der Waals surface area contributed by atoms with Gasteiger partial charge in [0.25, 0.3) is 5.91 Å². The van der Waals surface area contributed by atoms with Crippen molar-refractivity contribution in [1.82, 2.24) is 10.2 Å². The van der Waals surface area contributed by atoms with E-state index in [0.717, 1.165) is 18.4 Å². The fourth-order valence-electron chi connectivity index (χ4n) is 3.38. The molecule has 2 atom stereocenters. The van der Waals surface area contributed by atoms with E-state index in [9.17, 15) is 9.59 Å². The lowest BCUT2D eigenvalue weighted by atomic mass is 10.1. The lowest BCUT2D eigenvalue weighted by Gasteiger charge is -2.31.